The number of furan rings is 1. The van der Waals surface area contributed by atoms with E-state index in [-0.39, 0.29) is 35.6 Å². The number of rotatable bonds is 8. The van der Waals surface area contributed by atoms with E-state index in [1.807, 2.05) is 60.3 Å². The van der Waals surface area contributed by atoms with Gasteiger partial charge in [0.1, 0.15) is 5.58 Å². The molecule has 3 aromatic rings. The number of nitrogens with one attached hydrogen (secondary N) is 1. The maximum atomic E-state index is 13.2. The fourth-order valence-electron chi connectivity index (χ4n) is 5.14. The number of hydrogen-bond acceptors (Lipinski definition) is 6. The van der Waals surface area contributed by atoms with Crippen molar-refractivity contribution in [3.05, 3.63) is 75.9 Å². The van der Waals surface area contributed by atoms with Gasteiger partial charge in [0.05, 0.1) is 4.91 Å². The minimum atomic E-state index is -0.336. The van der Waals surface area contributed by atoms with Gasteiger partial charge in [-0.2, -0.15) is 11.8 Å². The molecule has 1 N–H and O–H groups in total. The number of fused-ring (bicyclic) bond motifs is 1. The van der Waals surface area contributed by atoms with E-state index < -0.39 is 0 Å². The zero-order valence-electron chi connectivity index (χ0n) is 23.3. The van der Waals surface area contributed by atoms with E-state index >= 15 is 0 Å². The van der Waals surface area contributed by atoms with Crippen LogP contribution in [0.3, 0.4) is 0 Å². The molecule has 40 heavy (non-hydrogen) atoms. The van der Waals surface area contributed by atoms with Crippen molar-refractivity contribution < 1.29 is 18.8 Å². The van der Waals surface area contributed by atoms with Crippen molar-refractivity contribution in [2.45, 2.75) is 69.3 Å². The van der Waals surface area contributed by atoms with Crippen LogP contribution in [0.25, 0.3) is 17.0 Å². The molecular formula is C32H36N2O4S2. The predicted molar refractivity (Wildman–Crippen MR) is 165 cm³/mol. The van der Waals surface area contributed by atoms with E-state index in [0.717, 1.165) is 34.0 Å². The molecule has 2 aliphatic rings. The molecule has 0 spiro atoms. The van der Waals surface area contributed by atoms with Gasteiger partial charge in [-0.1, -0.05) is 82.5 Å². The van der Waals surface area contributed by atoms with Crippen LogP contribution in [0.2, 0.25) is 0 Å². The average molecular weight is 577 g/mol. The van der Waals surface area contributed by atoms with E-state index in [9.17, 15) is 14.4 Å². The Balaban J connectivity index is 1.21. The summed E-state index contributed by atoms with van der Waals surface area (Å²) in [5.74, 6) is 0.376. The second kappa shape index (κ2) is 12.3. The summed E-state index contributed by atoms with van der Waals surface area (Å²) >= 11 is 2.83. The van der Waals surface area contributed by atoms with Crippen molar-refractivity contribution in [1.29, 1.82) is 0 Å². The third-order valence-electron chi connectivity index (χ3n) is 7.49. The fraction of sp³-hybridized carbons (Fsp3) is 0.406. The Morgan fingerprint density at radius 2 is 1.80 bits per heavy atom. The number of benzene rings is 2. The van der Waals surface area contributed by atoms with Crippen molar-refractivity contribution in [2.75, 3.05) is 13.1 Å². The summed E-state index contributed by atoms with van der Waals surface area (Å²) in [5.41, 5.74) is 3.72. The second-order valence-corrected chi connectivity index (χ2v) is 13.7. The number of amides is 3. The van der Waals surface area contributed by atoms with Gasteiger partial charge < -0.3 is 9.73 Å². The fourth-order valence-corrected chi connectivity index (χ4v) is 7.36. The lowest BCUT2D eigenvalue weighted by atomic mass is 9.87. The third kappa shape index (κ3) is 6.50. The van der Waals surface area contributed by atoms with Gasteiger partial charge in [0.25, 0.3) is 17.1 Å². The van der Waals surface area contributed by atoms with Crippen LogP contribution in [-0.4, -0.2) is 40.3 Å². The van der Waals surface area contributed by atoms with Gasteiger partial charge in [0, 0.05) is 35.0 Å². The summed E-state index contributed by atoms with van der Waals surface area (Å²) in [5, 5.41) is 4.12. The summed E-state index contributed by atoms with van der Waals surface area (Å²) in [7, 11) is 0. The number of imide groups is 1. The molecular weight excluding hydrogens is 540 g/mol. The van der Waals surface area contributed by atoms with E-state index in [2.05, 4.69) is 26.1 Å². The maximum Gasteiger partial charge on any atom is 0.293 e. The first-order chi connectivity index (χ1) is 19.2. The molecule has 0 radical (unpaired) electrons. The molecule has 210 valence electrons. The Labute approximate surface area is 244 Å². The lowest BCUT2D eigenvalue weighted by Crippen LogP contribution is -2.37. The summed E-state index contributed by atoms with van der Waals surface area (Å²) < 4.78 is 5.99. The van der Waals surface area contributed by atoms with Crippen LogP contribution >= 0.6 is 23.5 Å². The predicted octanol–water partition coefficient (Wildman–Crippen LogP) is 7.76. The van der Waals surface area contributed by atoms with Gasteiger partial charge in [0.15, 0.2) is 5.76 Å². The highest BCUT2D eigenvalue weighted by Crippen LogP contribution is 2.35. The first-order valence-electron chi connectivity index (χ1n) is 14.0. The first-order valence-corrected chi connectivity index (χ1v) is 15.8. The number of carbonyl (C=O) groups excluding carboxylic acids is 3. The zero-order chi connectivity index (χ0) is 28.3. The average Bonchev–Trinajstić information content (AvgIpc) is 3.44. The van der Waals surface area contributed by atoms with Gasteiger partial charge in [0.2, 0.25) is 0 Å². The minimum absolute atomic E-state index is 0.0398. The minimum Gasteiger partial charge on any atom is -0.451 e. The highest BCUT2D eigenvalue weighted by Gasteiger charge is 2.35. The number of para-hydroxylation sites is 1. The molecule has 0 unspecified atom stereocenters. The SMILES string of the molecule is CC(C)(C)c1ccc(C=C2SC(=O)N(CCNC(=O)c3oc4ccccc4c3CSC3CCCCC3)C2=O)cc1. The van der Waals surface area contributed by atoms with Gasteiger partial charge in [-0.25, -0.2) is 0 Å². The lowest BCUT2D eigenvalue weighted by molar-refractivity contribution is -0.122. The van der Waals surface area contributed by atoms with Gasteiger partial charge in [-0.3, -0.25) is 19.3 Å². The quantitative estimate of drug-likeness (QED) is 0.276. The van der Waals surface area contributed by atoms with Crippen LogP contribution in [-0.2, 0) is 16.0 Å². The molecule has 1 saturated heterocycles. The molecule has 5 rings (SSSR count). The van der Waals surface area contributed by atoms with Crippen LogP contribution in [0.4, 0.5) is 4.79 Å². The van der Waals surface area contributed by atoms with Crippen molar-refractivity contribution >= 4 is 57.6 Å². The van der Waals surface area contributed by atoms with E-state index in [1.165, 1.54) is 42.6 Å². The topological polar surface area (TPSA) is 79.6 Å². The van der Waals surface area contributed by atoms with E-state index in [4.69, 9.17) is 4.42 Å². The monoisotopic (exact) mass is 576 g/mol. The number of thioether (sulfide) groups is 2. The molecule has 6 nitrogen and oxygen atoms in total. The number of hydrogen-bond donors (Lipinski definition) is 1. The standard InChI is InChI=1S/C32H36N2O4S2/c1-32(2,3)22-15-13-21(14-16-22)19-27-30(36)34(31(37)40-27)18-17-33-29(35)28-25(20-39-23-9-5-4-6-10-23)24-11-7-8-12-26(24)38-28/h7-8,11-16,19,23H,4-6,9-10,17-18,20H2,1-3H3,(H,33,35). The summed E-state index contributed by atoms with van der Waals surface area (Å²) in [4.78, 5) is 40.4. The smallest absolute Gasteiger partial charge is 0.293 e. The van der Waals surface area contributed by atoms with Gasteiger partial charge in [-0.05, 0) is 53.3 Å². The molecule has 8 heteroatoms. The molecule has 1 aromatic heterocycles. The van der Waals surface area contributed by atoms with Gasteiger partial charge >= 0.3 is 0 Å². The van der Waals surface area contributed by atoms with Crippen molar-refractivity contribution in [3.8, 4) is 0 Å². The molecule has 3 amide bonds. The largest absolute Gasteiger partial charge is 0.451 e. The molecule has 2 aromatic carbocycles. The molecule has 2 heterocycles. The Hall–Kier alpha value is -2.97. The van der Waals surface area contributed by atoms with E-state index in [1.54, 1.807) is 6.08 Å². The second-order valence-electron chi connectivity index (χ2n) is 11.4. The number of nitrogens with zero attached hydrogens (tertiary/aromatic N) is 1. The van der Waals surface area contributed by atoms with Crippen molar-refractivity contribution in [1.82, 2.24) is 10.2 Å². The highest BCUT2D eigenvalue weighted by molar-refractivity contribution is 8.18. The summed E-state index contributed by atoms with van der Waals surface area (Å²) in [6.45, 7) is 6.70. The van der Waals surface area contributed by atoms with Crippen LogP contribution in [0.15, 0.2) is 57.9 Å². The number of carbonyl (C=O) groups is 3. The Bertz CT molecular complexity index is 1430. The van der Waals surface area contributed by atoms with Crippen LogP contribution in [0.5, 0.6) is 0 Å². The lowest BCUT2D eigenvalue weighted by Gasteiger charge is -2.20. The van der Waals surface area contributed by atoms with Crippen molar-refractivity contribution in [3.63, 3.8) is 0 Å². The highest BCUT2D eigenvalue weighted by atomic mass is 32.2. The molecule has 1 aliphatic carbocycles. The van der Waals surface area contributed by atoms with Crippen LogP contribution in [0, 0.1) is 0 Å². The summed E-state index contributed by atoms with van der Waals surface area (Å²) in [6.07, 6.45) is 8.03. The van der Waals surface area contributed by atoms with Crippen molar-refractivity contribution in [2.24, 2.45) is 0 Å². The normalized spacial score (nSPS) is 17.8. The van der Waals surface area contributed by atoms with Crippen LogP contribution < -0.4 is 5.32 Å². The maximum absolute atomic E-state index is 13.2. The Kier molecular flexibility index (Phi) is 8.76. The molecule has 1 saturated carbocycles. The van der Waals surface area contributed by atoms with Gasteiger partial charge in [-0.15, -0.1) is 0 Å². The summed E-state index contributed by atoms with van der Waals surface area (Å²) in [6, 6.07) is 15.8. The first kappa shape index (κ1) is 28.6. The molecule has 0 atom stereocenters. The Morgan fingerprint density at radius 1 is 1.07 bits per heavy atom. The Morgan fingerprint density at radius 3 is 2.52 bits per heavy atom. The molecule has 2 fully saturated rings. The van der Waals surface area contributed by atoms with Crippen LogP contribution in [0.1, 0.15) is 80.1 Å². The molecule has 0 bridgehead atoms. The van der Waals surface area contributed by atoms with E-state index in [0.29, 0.717) is 21.5 Å². The third-order valence-corrected chi connectivity index (χ3v) is 9.79. The zero-order valence-corrected chi connectivity index (χ0v) is 25.0. The molecule has 1 aliphatic heterocycles.